The largest absolute Gasteiger partial charge is 0.370 e. The van der Waals surface area contributed by atoms with Crippen LogP contribution < -0.4 is 10.2 Å². The number of nitrogens with one attached hydrogen (secondary N) is 1. The van der Waals surface area contributed by atoms with Gasteiger partial charge in [0, 0.05) is 48.1 Å². The average molecular weight is 420 g/mol. The summed E-state index contributed by atoms with van der Waals surface area (Å²) in [5, 5.41) is 2.68. The van der Waals surface area contributed by atoms with E-state index in [2.05, 4.69) is 51.6 Å². The van der Waals surface area contributed by atoms with Crippen LogP contribution in [0.5, 0.6) is 0 Å². The van der Waals surface area contributed by atoms with E-state index in [1.807, 2.05) is 17.4 Å². The Kier molecular flexibility index (Phi) is 5.05. The number of amides is 1. The minimum absolute atomic E-state index is 0.0842. The Morgan fingerprint density at radius 2 is 1.97 bits per heavy atom. The predicted octanol–water partition coefficient (Wildman–Crippen LogP) is 4.24. The Morgan fingerprint density at radius 3 is 2.73 bits per heavy atom. The van der Waals surface area contributed by atoms with Crippen LogP contribution in [0.4, 0.5) is 5.82 Å². The maximum Gasteiger partial charge on any atom is 0.251 e. The summed E-state index contributed by atoms with van der Waals surface area (Å²) in [4.78, 5) is 21.5. The third-order valence-corrected chi connectivity index (χ3v) is 7.44. The molecular formula is C24H25N3O2S. The Hall–Kier alpha value is -2.70. The lowest BCUT2D eigenvalue weighted by molar-refractivity contribution is -0.0757. The van der Waals surface area contributed by atoms with Crippen molar-refractivity contribution in [2.24, 2.45) is 0 Å². The molecule has 1 N–H and O–H groups in total. The molecule has 1 aromatic carbocycles. The van der Waals surface area contributed by atoms with Crippen LogP contribution in [-0.2, 0) is 16.8 Å². The van der Waals surface area contributed by atoms with Gasteiger partial charge >= 0.3 is 0 Å². The second kappa shape index (κ2) is 7.85. The Morgan fingerprint density at radius 1 is 1.17 bits per heavy atom. The van der Waals surface area contributed by atoms with Crippen molar-refractivity contribution >= 4 is 23.1 Å². The summed E-state index contributed by atoms with van der Waals surface area (Å²) in [6.45, 7) is 2.51. The van der Waals surface area contributed by atoms with Crippen molar-refractivity contribution in [1.82, 2.24) is 10.3 Å². The number of aromatic nitrogens is 1. The molecule has 1 saturated heterocycles. The standard InChI is InChI=1S/C24H25N3O2S/c1-25-23(28)18-7-11-26-22(15-18)27-12-9-24(10-13-27)19-16-21(17-5-3-2-4-6-17)30-20(19)8-14-29-24/h2-7,11,15-16H,8-10,12-14H2,1H3,(H,25,28). The van der Waals surface area contributed by atoms with Crippen molar-refractivity contribution < 1.29 is 9.53 Å². The Balaban J connectivity index is 1.38. The third-order valence-electron chi connectivity index (χ3n) is 6.20. The molecule has 30 heavy (non-hydrogen) atoms. The second-order valence-electron chi connectivity index (χ2n) is 7.88. The van der Waals surface area contributed by atoms with E-state index in [4.69, 9.17) is 4.74 Å². The maximum absolute atomic E-state index is 12.0. The molecule has 5 nitrogen and oxygen atoms in total. The molecule has 1 fully saturated rings. The molecule has 1 spiro atoms. The van der Waals surface area contributed by atoms with Gasteiger partial charge in [0.2, 0.25) is 0 Å². The maximum atomic E-state index is 12.0. The number of benzene rings is 1. The normalized spacial score (nSPS) is 17.6. The fraction of sp³-hybridized carbons (Fsp3) is 0.333. The van der Waals surface area contributed by atoms with E-state index in [0.717, 1.165) is 44.8 Å². The summed E-state index contributed by atoms with van der Waals surface area (Å²) < 4.78 is 6.44. The van der Waals surface area contributed by atoms with Crippen LogP contribution in [0.25, 0.3) is 10.4 Å². The number of nitrogens with zero attached hydrogens (tertiary/aromatic N) is 2. The molecule has 2 aliphatic rings. The van der Waals surface area contributed by atoms with E-state index in [-0.39, 0.29) is 11.5 Å². The highest BCUT2D eigenvalue weighted by Gasteiger charge is 2.42. The fourth-order valence-corrected chi connectivity index (χ4v) is 5.79. The molecule has 1 amide bonds. The van der Waals surface area contributed by atoms with E-state index in [9.17, 15) is 4.79 Å². The topological polar surface area (TPSA) is 54.5 Å². The van der Waals surface area contributed by atoms with Crippen molar-refractivity contribution in [3.8, 4) is 10.4 Å². The van der Waals surface area contributed by atoms with Gasteiger partial charge in [0.15, 0.2) is 0 Å². The highest BCUT2D eigenvalue weighted by molar-refractivity contribution is 7.15. The molecule has 2 aromatic heterocycles. The van der Waals surface area contributed by atoms with Gasteiger partial charge in [-0.15, -0.1) is 11.3 Å². The first-order valence-corrected chi connectivity index (χ1v) is 11.3. The summed E-state index contributed by atoms with van der Waals surface area (Å²) in [6, 6.07) is 16.6. The molecule has 3 aromatic rings. The second-order valence-corrected chi connectivity index (χ2v) is 9.01. The highest BCUT2D eigenvalue weighted by atomic mass is 32.1. The zero-order chi connectivity index (χ0) is 20.6. The van der Waals surface area contributed by atoms with Crippen LogP contribution in [0, 0.1) is 0 Å². The zero-order valence-electron chi connectivity index (χ0n) is 17.1. The first-order valence-electron chi connectivity index (χ1n) is 10.4. The van der Waals surface area contributed by atoms with E-state index < -0.39 is 0 Å². The molecule has 0 unspecified atom stereocenters. The van der Waals surface area contributed by atoms with Crippen molar-refractivity contribution in [1.29, 1.82) is 0 Å². The number of fused-ring (bicyclic) bond motifs is 2. The van der Waals surface area contributed by atoms with Gasteiger partial charge in [-0.3, -0.25) is 4.79 Å². The summed E-state index contributed by atoms with van der Waals surface area (Å²) in [5.74, 6) is 0.774. The van der Waals surface area contributed by atoms with Crippen LogP contribution in [-0.4, -0.2) is 37.6 Å². The summed E-state index contributed by atoms with van der Waals surface area (Å²) in [7, 11) is 1.65. The predicted molar refractivity (Wildman–Crippen MR) is 120 cm³/mol. The highest BCUT2D eigenvalue weighted by Crippen LogP contribution is 2.47. The van der Waals surface area contributed by atoms with Gasteiger partial charge < -0.3 is 15.0 Å². The molecular weight excluding hydrogens is 394 g/mol. The molecule has 0 saturated carbocycles. The Bertz CT molecular complexity index is 1060. The molecule has 2 aliphatic heterocycles. The van der Waals surface area contributed by atoms with Crippen molar-refractivity contribution in [2.45, 2.75) is 24.9 Å². The monoisotopic (exact) mass is 419 g/mol. The number of hydrogen-bond acceptors (Lipinski definition) is 5. The number of anilines is 1. The molecule has 0 aliphatic carbocycles. The van der Waals surface area contributed by atoms with Gasteiger partial charge in [-0.1, -0.05) is 30.3 Å². The van der Waals surface area contributed by atoms with Gasteiger partial charge in [0.1, 0.15) is 5.82 Å². The minimum atomic E-state index is -0.202. The van der Waals surface area contributed by atoms with E-state index in [1.165, 1.54) is 20.9 Å². The number of carbonyl (C=O) groups is 1. The smallest absolute Gasteiger partial charge is 0.251 e. The van der Waals surface area contributed by atoms with Crippen molar-refractivity contribution in [2.75, 3.05) is 31.6 Å². The zero-order valence-corrected chi connectivity index (χ0v) is 17.9. The van der Waals surface area contributed by atoms with Gasteiger partial charge in [-0.25, -0.2) is 4.98 Å². The number of carbonyl (C=O) groups excluding carboxylic acids is 1. The van der Waals surface area contributed by atoms with Crippen LogP contribution in [0.15, 0.2) is 54.7 Å². The third kappa shape index (κ3) is 3.40. The Labute approximate surface area is 180 Å². The summed E-state index contributed by atoms with van der Waals surface area (Å²) >= 11 is 1.91. The molecule has 5 rings (SSSR count). The van der Waals surface area contributed by atoms with Crippen molar-refractivity contribution in [3.63, 3.8) is 0 Å². The van der Waals surface area contributed by atoms with Crippen LogP contribution in [0.1, 0.15) is 33.6 Å². The molecule has 154 valence electrons. The lowest BCUT2D eigenvalue weighted by Gasteiger charge is -2.44. The number of pyridine rings is 1. The fourth-order valence-electron chi connectivity index (χ4n) is 4.55. The summed E-state index contributed by atoms with van der Waals surface area (Å²) in [6.07, 6.45) is 4.56. The van der Waals surface area contributed by atoms with E-state index in [0.29, 0.717) is 5.56 Å². The van der Waals surface area contributed by atoms with Crippen molar-refractivity contribution in [3.05, 3.63) is 70.7 Å². The van der Waals surface area contributed by atoms with Crippen LogP contribution in [0.3, 0.4) is 0 Å². The number of piperidine rings is 1. The lowest BCUT2D eigenvalue weighted by atomic mass is 9.82. The van der Waals surface area contributed by atoms with E-state index >= 15 is 0 Å². The lowest BCUT2D eigenvalue weighted by Crippen LogP contribution is -2.46. The average Bonchev–Trinajstić information content (AvgIpc) is 3.26. The van der Waals surface area contributed by atoms with E-state index in [1.54, 1.807) is 19.3 Å². The first-order chi connectivity index (χ1) is 14.7. The molecule has 0 radical (unpaired) electrons. The van der Waals surface area contributed by atoms with Gasteiger partial charge in [0.25, 0.3) is 5.91 Å². The number of hydrogen-bond donors (Lipinski definition) is 1. The number of rotatable bonds is 3. The minimum Gasteiger partial charge on any atom is -0.370 e. The van der Waals surface area contributed by atoms with Gasteiger partial charge in [-0.2, -0.15) is 0 Å². The van der Waals surface area contributed by atoms with Gasteiger partial charge in [0.05, 0.1) is 12.2 Å². The summed E-state index contributed by atoms with van der Waals surface area (Å²) in [5.41, 5.74) is 3.10. The molecule has 0 bridgehead atoms. The number of thiophene rings is 1. The molecule has 0 atom stereocenters. The number of ether oxygens (including phenoxy) is 1. The first kappa shape index (κ1) is 19.3. The SMILES string of the molecule is CNC(=O)c1ccnc(N2CCC3(CC2)OCCc2sc(-c4ccccc4)cc23)c1. The molecule has 6 heteroatoms. The molecule has 4 heterocycles. The van der Waals surface area contributed by atoms with Gasteiger partial charge in [-0.05, 0) is 42.2 Å². The quantitative estimate of drug-likeness (QED) is 0.690. The van der Waals surface area contributed by atoms with Crippen LogP contribution >= 0.6 is 11.3 Å². The van der Waals surface area contributed by atoms with Crippen LogP contribution in [0.2, 0.25) is 0 Å².